The third kappa shape index (κ3) is 5.65. The van der Waals surface area contributed by atoms with Gasteiger partial charge in [-0.25, -0.2) is 4.98 Å². The van der Waals surface area contributed by atoms with Gasteiger partial charge in [0.25, 0.3) is 0 Å². The lowest BCUT2D eigenvalue weighted by Gasteiger charge is -2.11. The number of unbranched alkanes of at least 4 members (excludes halogenated alkanes) is 9. The van der Waals surface area contributed by atoms with E-state index in [1.165, 1.54) is 75.5 Å². The maximum atomic E-state index is 4.84. The van der Waals surface area contributed by atoms with Crippen LogP contribution in [-0.4, -0.2) is 9.55 Å². The number of nitrogens with zero attached hydrogens (tertiary/aromatic N) is 2. The molecule has 0 saturated heterocycles. The van der Waals surface area contributed by atoms with E-state index in [0.717, 1.165) is 12.1 Å². The standard InChI is InChI=1S/C22H36N2/c1-4-5-6-7-8-9-10-11-12-15-18-24-21-17-14-13-16-20(21)23-22(24)19(2)3/h13-14,16-17,19H,4-12,15,18H2,1-3H3. The van der Waals surface area contributed by atoms with E-state index < -0.39 is 0 Å². The summed E-state index contributed by atoms with van der Waals surface area (Å²) in [5.41, 5.74) is 2.45. The number of fused-ring (bicyclic) bond motifs is 1. The topological polar surface area (TPSA) is 17.8 Å². The molecule has 0 atom stereocenters. The van der Waals surface area contributed by atoms with Gasteiger partial charge in [0.1, 0.15) is 5.82 Å². The monoisotopic (exact) mass is 328 g/mol. The van der Waals surface area contributed by atoms with Crippen LogP contribution in [0.15, 0.2) is 24.3 Å². The van der Waals surface area contributed by atoms with Crippen molar-refractivity contribution in [1.29, 1.82) is 0 Å². The summed E-state index contributed by atoms with van der Waals surface area (Å²) in [6.07, 6.45) is 13.9. The molecule has 0 fully saturated rings. The van der Waals surface area contributed by atoms with Crippen molar-refractivity contribution >= 4 is 11.0 Å². The molecule has 0 spiro atoms. The van der Waals surface area contributed by atoms with Crippen LogP contribution in [0.4, 0.5) is 0 Å². The Hall–Kier alpha value is -1.31. The van der Waals surface area contributed by atoms with Crippen LogP contribution < -0.4 is 0 Å². The van der Waals surface area contributed by atoms with Crippen molar-refractivity contribution in [2.24, 2.45) is 0 Å². The summed E-state index contributed by atoms with van der Waals surface area (Å²) in [5.74, 6) is 1.73. The lowest BCUT2D eigenvalue weighted by Crippen LogP contribution is -2.05. The first-order chi connectivity index (χ1) is 11.7. The maximum Gasteiger partial charge on any atom is 0.112 e. The second-order valence-corrected chi connectivity index (χ2v) is 7.45. The minimum absolute atomic E-state index is 0.487. The molecule has 134 valence electrons. The van der Waals surface area contributed by atoms with E-state index in [1.54, 1.807) is 0 Å². The second kappa shape index (κ2) is 10.5. The molecular formula is C22H36N2. The number of hydrogen-bond acceptors (Lipinski definition) is 1. The lowest BCUT2D eigenvalue weighted by atomic mass is 10.1. The minimum Gasteiger partial charge on any atom is -0.328 e. The molecule has 0 unspecified atom stereocenters. The molecule has 0 radical (unpaired) electrons. The van der Waals surface area contributed by atoms with Crippen molar-refractivity contribution in [2.75, 3.05) is 0 Å². The van der Waals surface area contributed by atoms with Crippen LogP contribution in [0, 0.1) is 0 Å². The molecule has 2 aromatic rings. The van der Waals surface area contributed by atoms with Gasteiger partial charge in [-0.1, -0.05) is 90.7 Å². The Morgan fingerprint density at radius 2 is 1.42 bits per heavy atom. The highest BCUT2D eigenvalue weighted by Gasteiger charge is 2.12. The molecule has 1 aromatic carbocycles. The van der Waals surface area contributed by atoms with Crippen molar-refractivity contribution in [2.45, 2.75) is 97.4 Å². The van der Waals surface area contributed by atoms with Crippen molar-refractivity contribution in [3.8, 4) is 0 Å². The van der Waals surface area contributed by atoms with E-state index in [2.05, 4.69) is 49.6 Å². The average Bonchev–Trinajstić information content (AvgIpc) is 2.96. The Labute approximate surface area is 148 Å². The Balaban J connectivity index is 1.71. The SMILES string of the molecule is CCCCCCCCCCCCn1c(C(C)C)nc2ccccc21. The molecule has 24 heavy (non-hydrogen) atoms. The minimum atomic E-state index is 0.487. The number of benzene rings is 1. The van der Waals surface area contributed by atoms with E-state index in [4.69, 9.17) is 4.98 Å². The third-order valence-electron chi connectivity index (χ3n) is 4.94. The highest BCUT2D eigenvalue weighted by atomic mass is 15.1. The molecule has 1 aromatic heterocycles. The van der Waals surface area contributed by atoms with Crippen LogP contribution in [0.5, 0.6) is 0 Å². The van der Waals surface area contributed by atoms with Crippen LogP contribution in [0.1, 0.15) is 96.7 Å². The fourth-order valence-corrected chi connectivity index (χ4v) is 3.53. The molecule has 0 bridgehead atoms. The molecule has 2 rings (SSSR count). The Kier molecular flexibility index (Phi) is 8.35. The second-order valence-electron chi connectivity index (χ2n) is 7.45. The zero-order valence-electron chi connectivity index (χ0n) is 16.1. The fraction of sp³-hybridized carbons (Fsp3) is 0.682. The molecule has 0 N–H and O–H groups in total. The van der Waals surface area contributed by atoms with Crippen LogP contribution in [0.25, 0.3) is 11.0 Å². The first-order valence-corrected chi connectivity index (χ1v) is 10.2. The molecule has 0 amide bonds. The summed E-state index contributed by atoms with van der Waals surface area (Å²) in [5, 5.41) is 0. The summed E-state index contributed by atoms with van der Waals surface area (Å²) >= 11 is 0. The summed E-state index contributed by atoms with van der Waals surface area (Å²) in [7, 11) is 0. The normalized spacial score (nSPS) is 11.7. The average molecular weight is 329 g/mol. The number of para-hydroxylation sites is 2. The number of imidazole rings is 1. The van der Waals surface area contributed by atoms with Gasteiger partial charge in [0.15, 0.2) is 0 Å². The first-order valence-electron chi connectivity index (χ1n) is 10.2. The molecule has 2 heteroatoms. The van der Waals surface area contributed by atoms with Crippen LogP contribution in [0.3, 0.4) is 0 Å². The van der Waals surface area contributed by atoms with Gasteiger partial charge in [0.2, 0.25) is 0 Å². The summed E-state index contributed by atoms with van der Waals surface area (Å²) < 4.78 is 2.45. The highest BCUT2D eigenvalue weighted by molar-refractivity contribution is 5.76. The van der Waals surface area contributed by atoms with E-state index in [9.17, 15) is 0 Å². The van der Waals surface area contributed by atoms with E-state index in [0.29, 0.717) is 5.92 Å². The molecule has 0 aliphatic rings. The number of aromatic nitrogens is 2. The molecule has 0 aliphatic heterocycles. The molecule has 0 saturated carbocycles. The fourth-order valence-electron chi connectivity index (χ4n) is 3.53. The van der Waals surface area contributed by atoms with Crippen molar-refractivity contribution < 1.29 is 0 Å². The van der Waals surface area contributed by atoms with Gasteiger partial charge in [0, 0.05) is 12.5 Å². The van der Waals surface area contributed by atoms with Gasteiger partial charge >= 0.3 is 0 Å². The van der Waals surface area contributed by atoms with Crippen LogP contribution >= 0.6 is 0 Å². The highest BCUT2D eigenvalue weighted by Crippen LogP contribution is 2.22. The number of aryl methyl sites for hydroxylation is 1. The van der Waals surface area contributed by atoms with Gasteiger partial charge in [-0.15, -0.1) is 0 Å². The maximum absolute atomic E-state index is 4.84. The Bertz CT molecular complexity index is 583. The summed E-state index contributed by atoms with van der Waals surface area (Å²) in [6.45, 7) is 7.89. The van der Waals surface area contributed by atoms with E-state index in [-0.39, 0.29) is 0 Å². The van der Waals surface area contributed by atoms with Crippen molar-refractivity contribution in [3.05, 3.63) is 30.1 Å². The zero-order valence-corrected chi connectivity index (χ0v) is 16.1. The number of rotatable bonds is 12. The predicted molar refractivity (Wildman–Crippen MR) is 106 cm³/mol. The molecule has 2 nitrogen and oxygen atoms in total. The van der Waals surface area contributed by atoms with Gasteiger partial charge < -0.3 is 4.57 Å². The molecule has 1 heterocycles. The van der Waals surface area contributed by atoms with Gasteiger partial charge in [0.05, 0.1) is 11.0 Å². The van der Waals surface area contributed by atoms with E-state index in [1.807, 2.05) is 0 Å². The zero-order chi connectivity index (χ0) is 17.2. The first kappa shape index (κ1) is 19.0. The van der Waals surface area contributed by atoms with Gasteiger partial charge in [-0.2, -0.15) is 0 Å². The number of hydrogen-bond donors (Lipinski definition) is 0. The largest absolute Gasteiger partial charge is 0.328 e. The Morgan fingerprint density at radius 1 is 0.833 bits per heavy atom. The van der Waals surface area contributed by atoms with Gasteiger partial charge in [-0.3, -0.25) is 0 Å². The third-order valence-corrected chi connectivity index (χ3v) is 4.94. The quantitative estimate of drug-likeness (QED) is 0.381. The molecule has 0 aliphatic carbocycles. The van der Waals surface area contributed by atoms with Crippen LogP contribution in [-0.2, 0) is 6.54 Å². The Morgan fingerprint density at radius 3 is 2.04 bits per heavy atom. The van der Waals surface area contributed by atoms with E-state index >= 15 is 0 Å². The van der Waals surface area contributed by atoms with Crippen molar-refractivity contribution in [1.82, 2.24) is 9.55 Å². The van der Waals surface area contributed by atoms with Gasteiger partial charge in [-0.05, 0) is 18.6 Å². The summed E-state index contributed by atoms with van der Waals surface area (Å²) in [4.78, 5) is 4.84. The predicted octanol–water partition coefficient (Wildman–Crippen LogP) is 7.08. The van der Waals surface area contributed by atoms with Crippen molar-refractivity contribution in [3.63, 3.8) is 0 Å². The lowest BCUT2D eigenvalue weighted by molar-refractivity contribution is 0.528. The summed E-state index contributed by atoms with van der Waals surface area (Å²) in [6, 6.07) is 8.56. The van der Waals surface area contributed by atoms with Crippen LogP contribution in [0.2, 0.25) is 0 Å². The molecular weight excluding hydrogens is 292 g/mol. The smallest absolute Gasteiger partial charge is 0.112 e.